The molecule has 0 radical (unpaired) electrons. The van der Waals surface area contributed by atoms with Crippen molar-refractivity contribution in [3.8, 4) is 11.5 Å². The summed E-state index contributed by atoms with van der Waals surface area (Å²) in [6.07, 6.45) is -0.00188. The second-order valence-corrected chi connectivity index (χ2v) is 3.04. The van der Waals surface area contributed by atoms with Crippen molar-refractivity contribution in [2.45, 2.75) is 13.0 Å². The van der Waals surface area contributed by atoms with Crippen molar-refractivity contribution in [2.24, 2.45) is 0 Å². The van der Waals surface area contributed by atoms with Crippen molar-refractivity contribution >= 4 is 11.6 Å². The van der Waals surface area contributed by atoms with Gasteiger partial charge in [-0.25, -0.2) is 0 Å². The SMILES string of the molecule is COc1ccccc1OC(C)CCl. The lowest BCUT2D eigenvalue weighted by Crippen LogP contribution is -2.13. The maximum absolute atomic E-state index is 5.63. The fourth-order valence-corrected chi connectivity index (χ4v) is 1.03. The zero-order valence-electron chi connectivity index (χ0n) is 7.79. The Morgan fingerprint density at radius 3 is 2.46 bits per heavy atom. The monoisotopic (exact) mass is 200 g/mol. The van der Waals surface area contributed by atoms with E-state index in [-0.39, 0.29) is 6.10 Å². The predicted molar refractivity (Wildman–Crippen MR) is 53.8 cm³/mol. The Kier molecular flexibility index (Phi) is 3.90. The fourth-order valence-electron chi connectivity index (χ4n) is 0.964. The molecular weight excluding hydrogens is 188 g/mol. The van der Waals surface area contributed by atoms with E-state index in [1.807, 2.05) is 31.2 Å². The molecule has 1 rings (SSSR count). The summed E-state index contributed by atoms with van der Waals surface area (Å²) < 4.78 is 10.7. The Balaban J connectivity index is 2.74. The van der Waals surface area contributed by atoms with Crippen LogP contribution in [0.3, 0.4) is 0 Å². The van der Waals surface area contributed by atoms with Crippen LogP contribution in [-0.4, -0.2) is 19.1 Å². The number of rotatable bonds is 4. The van der Waals surface area contributed by atoms with Crippen molar-refractivity contribution in [2.75, 3.05) is 13.0 Å². The first-order chi connectivity index (χ1) is 6.27. The molecule has 0 aromatic heterocycles. The Morgan fingerprint density at radius 2 is 1.92 bits per heavy atom. The molecule has 3 heteroatoms. The maximum Gasteiger partial charge on any atom is 0.161 e. The van der Waals surface area contributed by atoms with E-state index >= 15 is 0 Å². The van der Waals surface area contributed by atoms with E-state index in [0.717, 1.165) is 11.5 Å². The summed E-state index contributed by atoms with van der Waals surface area (Å²) in [4.78, 5) is 0. The van der Waals surface area contributed by atoms with Crippen LogP contribution in [0.5, 0.6) is 11.5 Å². The molecule has 0 aliphatic carbocycles. The molecule has 0 spiro atoms. The summed E-state index contributed by atoms with van der Waals surface area (Å²) in [5.74, 6) is 1.94. The van der Waals surface area contributed by atoms with Gasteiger partial charge in [-0.3, -0.25) is 0 Å². The molecule has 0 aliphatic rings. The second-order valence-electron chi connectivity index (χ2n) is 2.73. The van der Waals surface area contributed by atoms with Crippen LogP contribution in [-0.2, 0) is 0 Å². The minimum absolute atomic E-state index is 0.00188. The normalized spacial score (nSPS) is 12.2. The lowest BCUT2D eigenvalue weighted by molar-refractivity contribution is 0.233. The Hall–Kier alpha value is -0.890. The van der Waals surface area contributed by atoms with Crippen molar-refractivity contribution in [1.82, 2.24) is 0 Å². The molecule has 0 amide bonds. The summed E-state index contributed by atoms with van der Waals surface area (Å²) in [6, 6.07) is 7.52. The number of hydrogen-bond acceptors (Lipinski definition) is 2. The van der Waals surface area contributed by atoms with Gasteiger partial charge in [0.1, 0.15) is 6.10 Å². The molecule has 1 atom stereocenters. The average Bonchev–Trinajstić information content (AvgIpc) is 2.18. The highest BCUT2D eigenvalue weighted by atomic mass is 35.5. The molecule has 0 heterocycles. The molecular formula is C10H13ClO2. The topological polar surface area (TPSA) is 18.5 Å². The van der Waals surface area contributed by atoms with Crippen molar-refractivity contribution in [3.05, 3.63) is 24.3 Å². The van der Waals surface area contributed by atoms with Crippen LogP contribution in [0.15, 0.2) is 24.3 Å². The number of ether oxygens (including phenoxy) is 2. The summed E-state index contributed by atoms with van der Waals surface area (Å²) in [7, 11) is 1.62. The third-order valence-electron chi connectivity index (χ3n) is 1.61. The van der Waals surface area contributed by atoms with E-state index in [0.29, 0.717) is 5.88 Å². The van der Waals surface area contributed by atoms with E-state index < -0.39 is 0 Å². The third-order valence-corrected chi connectivity index (χ3v) is 2.05. The van der Waals surface area contributed by atoms with Gasteiger partial charge < -0.3 is 9.47 Å². The van der Waals surface area contributed by atoms with Gasteiger partial charge in [-0.15, -0.1) is 11.6 Å². The van der Waals surface area contributed by atoms with Crippen LogP contribution < -0.4 is 9.47 Å². The second kappa shape index (κ2) is 4.97. The predicted octanol–water partition coefficient (Wildman–Crippen LogP) is 2.70. The lowest BCUT2D eigenvalue weighted by atomic mass is 10.3. The minimum Gasteiger partial charge on any atom is -0.493 e. The summed E-state index contributed by atoms with van der Waals surface area (Å²) in [6.45, 7) is 1.92. The average molecular weight is 201 g/mol. The van der Waals surface area contributed by atoms with Gasteiger partial charge in [0.05, 0.1) is 13.0 Å². The zero-order valence-corrected chi connectivity index (χ0v) is 8.54. The smallest absolute Gasteiger partial charge is 0.161 e. The Labute approximate surface area is 83.4 Å². The first-order valence-corrected chi connectivity index (χ1v) is 4.67. The van der Waals surface area contributed by atoms with Crippen LogP contribution in [0.25, 0.3) is 0 Å². The molecule has 0 N–H and O–H groups in total. The van der Waals surface area contributed by atoms with Gasteiger partial charge in [-0.1, -0.05) is 12.1 Å². The largest absolute Gasteiger partial charge is 0.493 e. The molecule has 1 aromatic rings. The van der Waals surface area contributed by atoms with Gasteiger partial charge in [0.25, 0.3) is 0 Å². The minimum atomic E-state index is -0.00188. The fraction of sp³-hybridized carbons (Fsp3) is 0.400. The number of halogens is 1. The van der Waals surface area contributed by atoms with Gasteiger partial charge >= 0.3 is 0 Å². The maximum atomic E-state index is 5.63. The van der Waals surface area contributed by atoms with Crippen molar-refractivity contribution < 1.29 is 9.47 Å². The molecule has 72 valence electrons. The summed E-state index contributed by atoms with van der Waals surface area (Å²) in [5, 5.41) is 0. The molecule has 1 aromatic carbocycles. The number of para-hydroxylation sites is 2. The van der Waals surface area contributed by atoms with E-state index in [1.54, 1.807) is 7.11 Å². The summed E-state index contributed by atoms with van der Waals surface area (Å²) >= 11 is 5.63. The van der Waals surface area contributed by atoms with Gasteiger partial charge in [0.2, 0.25) is 0 Å². The van der Waals surface area contributed by atoms with Crippen LogP contribution in [0.4, 0.5) is 0 Å². The van der Waals surface area contributed by atoms with Gasteiger partial charge in [-0.2, -0.15) is 0 Å². The third kappa shape index (κ3) is 2.81. The van der Waals surface area contributed by atoms with Gasteiger partial charge in [-0.05, 0) is 19.1 Å². The highest BCUT2D eigenvalue weighted by Crippen LogP contribution is 2.26. The van der Waals surface area contributed by atoms with E-state index in [4.69, 9.17) is 21.1 Å². The first-order valence-electron chi connectivity index (χ1n) is 4.13. The molecule has 0 saturated carbocycles. The highest BCUT2D eigenvalue weighted by molar-refractivity contribution is 6.18. The number of benzene rings is 1. The number of hydrogen-bond donors (Lipinski definition) is 0. The number of methoxy groups -OCH3 is 1. The van der Waals surface area contributed by atoms with Crippen LogP contribution in [0.1, 0.15) is 6.92 Å². The zero-order chi connectivity index (χ0) is 9.68. The van der Waals surface area contributed by atoms with Gasteiger partial charge in [0, 0.05) is 0 Å². The van der Waals surface area contributed by atoms with Crippen LogP contribution >= 0.6 is 11.6 Å². The van der Waals surface area contributed by atoms with Crippen molar-refractivity contribution in [3.63, 3.8) is 0 Å². The molecule has 0 fully saturated rings. The summed E-state index contributed by atoms with van der Waals surface area (Å²) in [5.41, 5.74) is 0. The molecule has 0 saturated heterocycles. The first kappa shape index (κ1) is 10.2. The highest BCUT2D eigenvalue weighted by Gasteiger charge is 2.06. The standard InChI is InChI=1S/C10H13ClO2/c1-8(7-11)13-10-6-4-3-5-9(10)12-2/h3-6,8H,7H2,1-2H3. The van der Waals surface area contributed by atoms with Crippen molar-refractivity contribution in [1.29, 1.82) is 0 Å². The molecule has 2 nitrogen and oxygen atoms in total. The van der Waals surface area contributed by atoms with E-state index in [1.165, 1.54) is 0 Å². The Bertz CT molecular complexity index is 263. The van der Waals surface area contributed by atoms with Crippen LogP contribution in [0, 0.1) is 0 Å². The van der Waals surface area contributed by atoms with E-state index in [9.17, 15) is 0 Å². The molecule has 1 unspecified atom stereocenters. The quantitative estimate of drug-likeness (QED) is 0.696. The van der Waals surface area contributed by atoms with Gasteiger partial charge in [0.15, 0.2) is 11.5 Å². The van der Waals surface area contributed by atoms with E-state index in [2.05, 4.69) is 0 Å². The Morgan fingerprint density at radius 1 is 1.31 bits per heavy atom. The molecule has 0 bridgehead atoms. The lowest BCUT2D eigenvalue weighted by Gasteiger charge is -2.14. The molecule has 13 heavy (non-hydrogen) atoms. The van der Waals surface area contributed by atoms with Crippen LogP contribution in [0.2, 0.25) is 0 Å². The number of alkyl halides is 1. The molecule has 0 aliphatic heterocycles.